The first-order valence-electron chi connectivity index (χ1n) is 7.47. The quantitative estimate of drug-likeness (QED) is 0.733. The summed E-state index contributed by atoms with van der Waals surface area (Å²) in [6.07, 6.45) is 3.33. The van der Waals surface area contributed by atoms with Gasteiger partial charge in [0.1, 0.15) is 0 Å². The molecule has 1 unspecified atom stereocenters. The maximum Gasteiger partial charge on any atom is 0.0622 e. The molecule has 20 heavy (non-hydrogen) atoms. The van der Waals surface area contributed by atoms with Gasteiger partial charge in [0.2, 0.25) is 0 Å². The summed E-state index contributed by atoms with van der Waals surface area (Å²) in [6.45, 7) is 8.53. The van der Waals surface area contributed by atoms with Crippen LogP contribution in [-0.2, 0) is 11.2 Å². The lowest BCUT2D eigenvalue weighted by molar-refractivity contribution is 0.0104. The number of rotatable bonds is 9. The lowest BCUT2D eigenvalue weighted by Crippen LogP contribution is -2.28. The van der Waals surface area contributed by atoms with Gasteiger partial charge >= 0.3 is 0 Å². The van der Waals surface area contributed by atoms with Gasteiger partial charge in [0, 0.05) is 12.1 Å². The third-order valence-electron chi connectivity index (χ3n) is 3.83. The predicted octanol–water partition coefficient (Wildman–Crippen LogP) is 4.31. The van der Waals surface area contributed by atoms with E-state index in [9.17, 15) is 0 Å². The van der Waals surface area contributed by atoms with Gasteiger partial charge < -0.3 is 10.1 Å². The molecule has 0 aliphatic carbocycles. The molecular formula is C17H28ClNO. The molecule has 0 saturated heterocycles. The number of ether oxygens (including phenoxy) is 1. The minimum absolute atomic E-state index is 0.0372. The molecule has 0 bridgehead atoms. The second-order valence-electron chi connectivity index (χ2n) is 6.01. The number of hydrogen-bond donors (Lipinski definition) is 1. The predicted molar refractivity (Wildman–Crippen MR) is 87.5 cm³/mol. The van der Waals surface area contributed by atoms with Gasteiger partial charge in [-0.2, -0.15) is 0 Å². The van der Waals surface area contributed by atoms with Gasteiger partial charge in [-0.25, -0.2) is 0 Å². The van der Waals surface area contributed by atoms with Crippen LogP contribution in [0.25, 0.3) is 0 Å². The molecule has 0 heterocycles. The topological polar surface area (TPSA) is 21.3 Å². The maximum atomic E-state index is 5.94. The molecule has 0 fully saturated rings. The standard InChI is InChI=1S/C17H28ClNO/c1-5-19-13-15(10-11-17(2,3)20-4)12-14-6-8-16(18)9-7-14/h6-9,15,19H,5,10-13H2,1-4H3. The van der Waals surface area contributed by atoms with Crippen molar-refractivity contribution in [2.75, 3.05) is 20.2 Å². The van der Waals surface area contributed by atoms with Crippen LogP contribution >= 0.6 is 11.6 Å². The molecule has 2 nitrogen and oxygen atoms in total. The molecule has 114 valence electrons. The Morgan fingerprint density at radius 2 is 1.90 bits per heavy atom. The molecular weight excluding hydrogens is 270 g/mol. The van der Waals surface area contributed by atoms with E-state index in [1.165, 1.54) is 5.56 Å². The smallest absolute Gasteiger partial charge is 0.0622 e. The Kier molecular flexibility index (Phi) is 7.57. The minimum atomic E-state index is -0.0372. The van der Waals surface area contributed by atoms with Crippen molar-refractivity contribution < 1.29 is 4.74 Å². The highest BCUT2D eigenvalue weighted by atomic mass is 35.5. The van der Waals surface area contributed by atoms with E-state index in [-0.39, 0.29) is 5.60 Å². The average Bonchev–Trinajstić information content (AvgIpc) is 2.44. The highest BCUT2D eigenvalue weighted by molar-refractivity contribution is 6.30. The van der Waals surface area contributed by atoms with Crippen LogP contribution in [0.5, 0.6) is 0 Å². The van der Waals surface area contributed by atoms with Gasteiger partial charge in [-0.05, 0) is 69.8 Å². The van der Waals surface area contributed by atoms with Crippen LogP contribution in [0.1, 0.15) is 39.2 Å². The van der Waals surface area contributed by atoms with Crippen molar-refractivity contribution in [2.24, 2.45) is 5.92 Å². The summed E-state index contributed by atoms with van der Waals surface area (Å²) in [5.74, 6) is 0.630. The zero-order valence-electron chi connectivity index (χ0n) is 13.2. The van der Waals surface area contributed by atoms with Crippen molar-refractivity contribution in [1.82, 2.24) is 5.32 Å². The van der Waals surface area contributed by atoms with Crippen molar-refractivity contribution >= 4 is 11.6 Å². The molecule has 3 heteroatoms. The van der Waals surface area contributed by atoms with Crippen LogP contribution in [0, 0.1) is 5.92 Å². The monoisotopic (exact) mass is 297 g/mol. The van der Waals surface area contributed by atoms with Gasteiger partial charge in [-0.3, -0.25) is 0 Å². The molecule has 0 saturated carbocycles. The zero-order chi connectivity index (χ0) is 15.0. The molecule has 1 aromatic rings. The molecule has 0 spiro atoms. The van der Waals surface area contributed by atoms with E-state index >= 15 is 0 Å². The molecule has 1 rings (SSSR count). The van der Waals surface area contributed by atoms with Gasteiger partial charge in [-0.15, -0.1) is 0 Å². The van der Waals surface area contributed by atoms with Crippen LogP contribution in [0.15, 0.2) is 24.3 Å². The highest BCUT2D eigenvalue weighted by Crippen LogP contribution is 2.22. The second-order valence-corrected chi connectivity index (χ2v) is 6.44. The zero-order valence-corrected chi connectivity index (χ0v) is 14.0. The van der Waals surface area contributed by atoms with Crippen LogP contribution in [-0.4, -0.2) is 25.8 Å². The number of methoxy groups -OCH3 is 1. The fraction of sp³-hybridized carbons (Fsp3) is 0.647. The third-order valence-corrected chi connectivity index (χ3v) is 4.08. The summed E-state index contributed by atoms with van der Waals surface area (Å²) in [5, 5.41) is 4.27. The van der Waals surface area contributed by atoms with Crippen molar-refractivity contribution in [3.63, 3.8) is 0 Å². The Hall–Kier alpha value is -0.570. The van der Waals surface area contributed by atoms with Gasteiger partial charge in [0.15, 0.2) is 0 Å². The summed E-state index contributed by atoms with van der Waals surface area (Å²) >= 11 is 5.94. The fourth-order valence-electron chi connectivity index (χ4n) is 2.23. The Bertz CT molecular complexity index is 375. The molecule has 0 aliphatic heterocycles. The molecule has 1 N–H and O–H groups in total. The van der Waals surface area contributed by atoms with E-state index < -0.39 is 0 Å². The Balaban J connectivity index is 2.57. The van der Waals surface area contributed by atoms with E-state index in [2.05, 4.69) is 38.2 Å². The van der Waals surface area contributed by atoms with Crippen LogP contribution in [0.4, 0.5) is 0 Å². The lowest BCUT2D eigenvalue weighted by Gasteiger charge is -2.26. The molecule has 0 amide bonds. The van der Waals surface area contributed by atoms with Crippen molar-refractivity contribution in [1.29, 1.82) is 0 Å². The average molecular weight is 298 g/mol. The van der Waals surface area contributed by atoms with Crippen molar-refractivity contribution in [3.05, 3.63) is 34.9 Å². The second kappa shape index (κ2) is 8.66. The van der Waals surface area contributed by atoms with Crippen LogP contribution in [0.2, 0.25) is 5.02 Å². The number of nitrogens with one attached hydrogen (secondary N) is 1. The summed E-state index contributed by atoms with van der Waals surface area (Å²) in [5.41, 5.74) is 1.32. The summed E-state index contributed by atoms with van der Waals surface area (Å²) in [4.78, 5) is 0. The van der Waals surface area contributed by atoms with E-state index in [0.717, 1.165) is 37.4 Å². The highest BCUT2D eigenvalue weighted by Gasteiger charge is 2.19. The van der Waals surface area contributed by atoms with Crippen molar-refractivity contribution in [2.45, 2.75) is 45.6 Å². The number of benzene rings is 1. The number of hydrogen-bond acceptors (Lipinski definition) is 2. The van der Waals surface area contributed by atoms with Gasteiger partial charge in [0.05, 0.1) is 5.60 Å². The first-order valence-corrected chi connectivity index (χ1v) is 7.85. The lowest BCUT2D eigenvalue weighted by atomic mass is 9.90. The normalized spacial score (nSPS) is 13.4. The van der Waals surface area contributed by atoms with E-state index in [1.54, 1.807) is 7.11 Å². The largest absolute Gasteiger partial charge is 0.379 e. The Morgan fingerprint density at radius 1 is 1.25 bits per heavy atom. The maximum absolute atomic E-state index is 5.94. The molecule has 1 aromatic carbocycles. The Labute approximate surface area is 128 Å². The van der Waals surface area contributed by atoms with E-state index in [1.807, 2.05) is 12.1 Å². The fourth-order valence-corrected chi connectivity index (χ4v) is 2.36. The first kappa shape index (κ1) is 17.5. The third kappa shape index (κ3) is 6.74. The van der Waals surface area contributed by atoms with Crippen LogP contribution < -0.4 is 5.32 Å². The van der Waals surface area contributed by atoms with E-state index in [4.69, 9.17) is 16.3 Å². The number of halogens is 1. The summed E-state index contributed by atoms with van der Waals surface area (Å²) in [6, 6.07) is 8.20. The molecule has 0 radical (unpaired) electrons. The van der Waals surface area contributed by atoms with E-state index in [0.29, 0.717) is 5.92 Å². The summed E-state index contributed by atoms with van der Waals surface area (Å²) < 4.78 is 5.52. The Morgan fingerprint density at radius 3 is 2.45 bits per heavy atom. The van der Waals surface area contributed by atoms with Gasteiger partial charge in [-0.1, -0.05) is 30.7 Å². The minimum Gasteiger partial charge on any atom is -0.379 e. The molecule has 0 aromatic heterocycles. The molecule has 0 aliphatic rings. The SMILES string of the molecule is CCNCC(CCC(C)(C)OC)Cc1ccc(Cl)cc1. The first-order chi connectivity index (χ1) is 9.46. The molecule has 1 atom stereocenters. The van der Waals surface area contributed by atoms with Gasteiger partial charge in [0.25, 0.3) is 0 Å². The van der Waals surface area contributed by atoms with Crippen LogP contribution in [0.3, 0.4) is 0 Å². The van der Waals surface area contributed by atoms with Crippen molar-refractivity contribution in [3.8, 4) is 0 Å². The summed E-state index contributed by atoms with van der Waals surface area (Å²) in [7, 11) is 1.79.